The molecule has 0 spiro atoms. The Labute approximate surface area is 185 Å². The molecule has 0 radical (unpaired) electrons. The molecule has 0 aliphatic heterocycles. The van der Waals surface area contributed by atoms with Gasteiger partial charge in [-0.25, -0.2) is 4.39 Å². The van der Waals surface area contributed by atoms with Crippen LogP contribution < -0.4 is 10.6 Å². The zero-order valence-corrected chi connectivity index (χ0v) is 18.7. The molecule has 160 valence electrons. The highest BCUT2D eigenvalue weighted by molar-refractivity contribution is 7.17. The number of rotatable bonds is 4. The van der Waals surface area contributed by atoms with E-state index in [1.54, 1.807) is 0 Å². The maximum atomic E-state index is 13.4. The summed E-state index contributed by atoms with van der Waals surface area (Å²) in [7, 11) is 0. The van der Waals surface area contributed by atoms with Crippen LogP contribution in [0.2, 0.25) is 0 Å². The highest BCUT2D eigenvalue weighted by Crippen LogP contribution is 2.40. The summed E-state index contributed by atoms with van der Waals surface area (Å²) >= 11 is 1.47. The van der Waals surface area contributed by atoms with Crippen LogP contribution in [-0.2, 0) is 12.8 Å². The zero-order valence-electron chi connectivity index (χ0n) is 17.8. The number of thiophene rings is 1. The number of hydrogen-bond acceptors (Lipinski definition) is 3. The van der Waals surface area contributed by atoms with Crippen LogP contribution in [-0.4, -0.2) is 11.8 Å². The standard InChI is InChI=1S/C25H25FN2O2S/c1-14-7-12-19-20(13-14)31-25(28-23(29)17-8-10-18(26)11-9-17)21(19)24(30)27-22-15(2)5-4-6-16(22)3/h4-6,8-11,14H,7,12-13H2,1-3H3,(H,27,30)(H,28,29). The second kappa shape index (κ2) is 8.63. The molecule has 4 nitrogen and oxygen atoms in total. The molecule has 1 atom stereocenters. The van der Waals surface area contributed by atoms with Crippen LogP contribution in [0.25, 0.3) is 0 Å². The number of halogens is 1. The van der Waals surface area contributed by atoms with Crippen LogP contribution in [0.15, 0.2) is 42.5 Å². The molecule has 1 aromatic heterocycles. The van der Waals surface area contributed by atoms with Crippen LogP contribution in [0, 0.1) is 25.6 Å². The van der Waals surface area contributed by atoms with Crippen LogP contribution >= 0.6 is 11.3 Å². The first-order valence-corrected chi connectivity index (χ1v) is 11.2. The van der Waals surface area contributed by atoms with Crippen molar-refractivity contribution in [3.63, 3.8) is 0 Å². The Morgan fingerprint density at radius 3 is 2.35 bits per heavy atom. The van der Waals surface area contributed by atoms with E-state index in [0.717, 1.165) is 46.5 Å². The summed E-state index contributed by atoms with van der Waals surface area (Å²) in [5, 5.41) is 6.53. The Balaban J connectivity index is 1.69. The Morgan fingerprint density at radius 1 is 1.00 bits per heavy atom. The van der Waals surface area contributed by atoms with Gasteiger partial charge in [0, 0.05) is 16.1 Å². The molecule has 0 saturated heterocycles. The molecule has 1 aliphatic carbocycles. The van der Waals surface area contributed by atoms with Gasteiger partial charge in [0.25, 0.3) is 11.8 Å². The monoisotopic (exact) mass is 436 g/mol. The molecular formula is C25H25FN2O2S. The predicted octanol–water partition coefficient (Wildman–Crippen LogP) is 6.13. The predicted molar refractivity (Wildman–Crippen MR) is 124 cm³/mol. The van der Waals surface area contributed by atoms with Gasteiger partial charge in [-0.15, -0.1) is 11.3 Å². The van der Waals surface area contributed by atoms with Crippen molar-refractivity contribution in [3.8, 4) is 0 Å². The number of nitrogens with one attached hydrogen (secondary N) is 2. The number of aryl methyl sites for hydroxylation is 2. The van der Waals surface area contributed by atoms with Crippen molar-refractivity contribution >= 4 is 33.8 Å². The number of fused-ring (bicyclic) bond motifs is 1. The minimum Gasteiger partial charge on any atom is -0.321 e. The van der Waals surface area contributed by atoms with E-state index in [-0.39, 0.29) is 11.8 Å². The van der Waals surface area contributed by atoms with Gasteiger partial charge in [-0.1, -0.05) is 25.1 Å². The second-order valence-corrected chi connectivity index (χ2v) is 9.34. The normalized spacial score (nSPS) is 15.3. The largest absolute Gasteiger partial charge is 0.321 e. The molecule has 0 saturated carbocycles. The fourth-order valence-corrected chi connectivity index (χ4v) is 5.45. The van der Waals surface area contributed by atoms with E-state index < -0.39 is 5.82 Å². The Bertz CT molecular complexity index is 1130. The summed E-state index contributed by atoms with van der Waals surface area (Å²) < 4.78 is 13.2. The molecule has 4 rings (SSSR count). The third-order valence-corrected chi connectivity index (χ3v) is 6.96. The van der Waals surface area contributed by atoms with Gasteiger partial charge in [0.1, 0.15) is 10.8 Å². The molecule has 2 amide bonds. The third kappa shape index (κ3) is 4.39. The van der Waals surface area contributed by atoms with E-state index in [1.165, 1.54) is 35.6 Å². The van der Waals surface area contributed by atoms with Crippen molar-refractivity contribution in [1.82, 2.24) is 0 Å². The lowest BCUT2D eigenvalue weighted by atomic mass is 9.88. The lowest BCUT2D eigenvalue weighted by molar-refractivity contribution is 0.102. The quantitative estimate of drug-likeness (QED) is 0.517. The van der Waals surface area contributed by atoms with E-state index in [1.807, 2.05) is 32.0 Å². The Hall–Kier alpha value is -2.99. The van der Waals surface area contributed by atoms with Crippen molar-refractivity contribution < 1.29 is 14.0 Å². The van der Waals surface area contributed by atoms with Crippen LogP contribution in [0.1, 0.15) is 55.6 Å². The van der Waals surface area contributed by atoms with Crippen molar-refractivity contribution in [1.29, 1.82) is 0 Å². The molecule has 1 aliphatic rings. The van der Waals surface area contributed by atoms with Crippen molar-refractivity contribution in [3.05, 3.63) is 81.0 Å². The molecule has 3 aromatic rings. The average molecular weight is 437 g/mol. The summed E-state index contributed by atoms with van der Waals surface area (Å²) in [6, 6.07) is 11.3. The van der Waals surface area contributed by atoms with E-state index >= 15 is 0 Å². The molecule has 1 heterocycles. The maximum Gasteiger partial charge on any atom is 0.258 e. The highest BCUT2D eigenvalue weighted by Gasteiger charge is 2.29. The van der Waals surface area contributed by atoms with Crippen molar-refractivity contribution in [2.45, 2.75) is 40.0 Å². The lowest BCUT2D eigenvalue weighted by Gasteiger charge is -2.19. The highest BCUT2D eigenvalue weighted by atomic mass is 32.1. The number of amides is 2. The van der Waals surface area contributed by atoms with E-state index in [4.69, 9.17) is 0 Å². The third-order valence-electron chi connectivity index (χ3n) is 5.79. The first-order valence-electron chi connectivity index (χ1n) is 10.4. The van der Waals surface area contributed by atoms with Gasteiger partial charge in [0.2, 0.25) is 0 Å². The van der Waals surface area contributed by atoms with Crippen LogP contribution in [0.3, 0.4) is 0 Å². The summed E-state index contributed by atoms with van der Waals surface area (Å²) in [6.07, 6.45) is 2.73. The average Bonchev–Trinajstić information content (AvgIpc) is 3.08. The lowest BCUT2D eigenvalue weighted by Crippen LogP contribution is -2.20. The van der Waals surface area contributed by atoms with Gasteiger partial charge in [-0.2, -0.15) is 0 Å². The van der Waals surface area contributed by atoms with Crippen molar-refractivity contribution in [2.75, 3.05) is 10.6 Å². The summed E-state index contributed by atoms with van der Waals surface area (Å²) in [5.41, 5.74) is 4.70. The molecule has 2 aromatic carbocycles. The Kier molecular flexibility index (Phi) is 5.92. The number of benzene rings is 2. The SMILES string of the molecule is Cc1cccc(C)c1NC(=O)c1c(NC(=O)c2ccc(F)cc2)sc2c1CCC(C)C2. The van der Waals surface area contributed by atoms with Crippen LogP contribution in [0.5, 0.6) is 0 Å². The smallest absolute Gasteiger partial charge is 0.258 e. The fourth-order valence-electron chi connectivity index (χ4n) is 4.04. The van der Waals surface area contributed by atoms with Gasteiger partial charge < -0.3 is 10.6 Å². The summed E-state index contributed by atoms with van der Waals surface area (Å²) in [5.74, 6) is -0.418. The molecule has 0 fully saturated rings. The molecule has 1 unspecified atom stereocenters. The summed E-state index contributed by atoms with van der Waals surface area (Å²) in [6.45, 7) is 6.13. The van der Waals surface area contributed by atoms with Crippen LogP contribution in [0.4, 0.5) is 15.1 Å². The van der Waals surface area contributed by atoms with E-state index in [0.29, 0.717) is 22.0 Å². The fraction of sp³-hybridized carbons (Fsp3) is 0.280. The summed E-state index contributed by atoms with van der Waals surface area (Å²) in [4.78, 5) is 27.3. The maximum absolute atomic E-state index is 13.4. The Morgan fingerprint density at radius 2 is 1.68 bits per heavy atom. The minimum atomic E-state index is -0.397. The number of carbonyl (C=O) groups excluding carboxylic acids is 2. The number of hydrogen-bond donors (Lipinski definition) is 2. The molecule has 31 heavy (non-hydrogen) atoms. The molecule has 2 N–H and O–H groups in total. The minimum absolute atomic E-state index is 0.209. The first-order chi connectivity index (χ1) is 14.8. The van der Waals surface area contributed by atoms with E-state index in [9.17, 15) is 14.0 Å². The first kappa shape index (κ1) is 21.2. The molecule has 6 heteroatoms. The number of carbonyl (C=O) groups is 2. The topological polar surface area (TPSA) is 58.2 Å². The second-order valence-electron chi connectivity index (χ2n) is 8.24. The number of para-hydroxylation sites is 1. The van der Waals surface area contributed by atoms with Gasteiger partial charge in [0.05, 0.1) is 5.56 Å². The van der Waals surface area contributed by atoms with E-state index in [2.05, 4.69) is 17.6 Å². The van der Waals surface area contributed by atoms with Gasteiger partial charge in [0.15, 0.2) is 0 Å². The van der Waals surface area contributed by atoms with Gasteiger partial charge in [-0.05, 0) is 80.0 Å². The number of anilines is 2. The van der Waals surface area contributed by atoms with Gasteiger partial charge >= 0.3 is 0 Å². The molecular weight excluding hydrogens is 411 g/mol. The van der Waals surface area contributed by atoms with Gasteiger partial charge in [-0.3, -0.25) is 9.59 Å². The van der Waals surface area contributed by atoms with Crippen molar-refractivity contribution in [2.24, 2.45) is 5.92 Å². The molecule has 0 bridgehead atoms. The zero-order chi connectivity index (χ0) is 22.1.